The molecule has 2 aliphatic heterocycles. The summed E-state index contributed by atoms with van der Waals surface area (Å²) in [6.07, 6.45) is 7.00. The Balaban J connectivity index is 1.16. The van der Waals surface area contributed by atoms with E-state index in [1.54, 1.807) is 0 Å². The monoisotopic (exact) mass is 1080 g/mol. The van der Waals surface area contributed by atoms with E-state index in [9.17, 15) is 0 Å². The Kier molecular flexibility index (Phi) is 11.3. The second-order valence-electron chi connectivity index (χ2n) is 30.2. The van der Waals surface area contributed by atoms with Gasteiger partial charge in [0.15, 0.2) is 0 Å². The minimum atomic E-state index is -0.0177. The number of anilines is 9. The maximum atomic E-state index is 2.75. The van der Waals surface area contributed by atoms with Gasteiger partial charge in [-0.05, 0) is 216 Å². The molecule has 0 N–H and O–H groups in total. The molecule has 0 fully saturated rings. The molecule has 0 amide bonds. The highest BCUT2D eigenvalue weighted by Gasteiger charge is 2.50. The summed E-state index contributed by atoms with van der Waals surface area (Å²) < 4.78 is 2.83. The van der Waals surface area contributed by atoms with Crippen LogP contribution < -0.4 is 30.4 Å². The molecule has 0 bridgehead atoms. The average Bonchev–Trinajstić information content (AvgIpc) is 2.20. The van der Waals surface area contributed by atoms with Crippen LogP contribution in [0.1, 0.15) is 181 Å². The Labute approximate surface area is 488 Å². The zero-order valence-electron chi connectivity index (χ0n) is 51.0. The van der Waals surface area contributed by atoms with E-state index < -0.39 is 0 Å². The Morgan fingerprint density at radius 3 is 1.56 bits per heavy atom. The van der Waals surface area contributed by atoms with Crippen molar-refractivity contribution in [3.8, 4) is 0 Å². The normalized spacial score (nSPS) is 19.3. The van der Waals surface area contributed by atoms with E-state index in [1.807, 2.05) is 0 Å². The molecular weight excluding hydrogens is 998 g/mol. The molecule has 5 aliphatic rings. The van der Waals surface area contributed by atoms with Crippen LogP contribution in [0.4, 0.5) is 51.2 Å². The predicted octanol–water partition coefficient (Wildman–Crippen LogP) is 20.0. The molecule has 5 heteroatoms. The van der Waals surface area contributed by atoms with Crippen molar-refractivity contribution < 1.29 is 0 Å². The minimum Gasteiger partial charge on any atom is -0.311 e. The number of para-hydroxylation sites is 1. The van der Waals surface area contributed by atoms with Gasteiger partial charge in [-0.1, -0.05) is 177 Å². The largest absolute Gasteiger partial charge is 0.311 e. The second-order valence-corrected chi connectivity index (χ2v) is 31.3. The van der Waals surface area contributed by atoms with E-state index >= 15 is 0 Å². The van der Waals surface area contributed by atoms with Crippen LogP contribution >= 0.6 is 11.3 Å². The van der Waals surface area contributed by atoms with Crippen LogP contribution in [0.15, 0.2) is 152 Å². The molecule has 3 heterocycles. The fourth-order valence-electron chi connectivity index (χ4n) is 15.4. The molecule has 0 unspecified atom stereocenters. The number of hydrogen-bond acceptors (Lipinski definition) is 4. The van der Waals surface area contributed by atoms with Gasteiger partial charge in [-0.15, -0.1) is 11.3 Å². The summed E-state index contributed by atoms with van der Waals surface area (Å²) in [5.41, 5.74) is 24.4. The number of hydrogen-bond donors (Lipinski definition) is 0. The summed E-state index contributed by atoms with van der Waals surface area (Å²) in [7, 11) is 0. The summed E-state index contributed by atoms with van der Waals surface area (Å²) >= 11 is 2.07. The predicted molar refractivity (Wildman–Crippen MR) is 353 cm³/mol. The molecule has 0 saturated heterocycles. The fourth-order valence-corrected chi connectivity index (χ4v) is 16.8. The van der Waals surface area contributed by atoms with Crippen molar-refractivity contribution >= 4 is 106 Å². The number of benzene rings is 8. The highest BCUT2D eigenvalue weighted by Crippen LogP contribution is 2.57. The van der Waals surface area contributed by atoms with Gasteiger partial charge in [-0.3, -0.25) is 0 Å². The van der Waals surface area contributed by atoms with E-state index in [2.05, 4.69) is 282 Å². The van der Waals surface area contributed by atoms with Gasteiger partial charge in [-0.25, -0.2) is 0 Å². The lowest BCUT2D eigenvalue weighted by Crippen LogP contribution is -2.61. The highest BCUT2D eigenvalue weighted by molar-refractivity contribution is 7.33. The van der Waals surface area contributed by atoms with E-state index in [1.165, 1.54) is 129 Å². The molecule has 0 atom stereocenters. The molecule has 81 heavy (non-hydrogen) atoms. The van der Waals surface area contributed by atoms with Gasteiger partial charge in [0.1, 0.15) is 0 Å². The first-order chi connectivity index (χ1) is 38.2. The van der Waals surface area contributed by atoms with Gasteiger partial charge in [-0.2, -0.15) is 0 Å². The third-order valence-electron chi connectivity index (χ3n) is 20.9. The lowest BCUT2D eigenvalue weighted by Gasteiger charge is -2.48. The van der Waals surface area contributed by atoms with E-state index in [-0.39, 0.29) is 44.6 Å². The Morgan fingerprint density at radius 2 is 0.938 bits per heavy atom. The van der Waals surface area contributed by atoms with Crippen LogP contribution in [0.3, 0.4) is 0 Å². The SMILES string of the molecule is CC(C)(C)c1ccc(N2c3cc(N(c4ccccc4)c4ccc5ccccc5c4)cc4c3B(c3cc5c(cc3N4c3ccc4c(c3)C(C)(C)CCC4(C)C)C(C)(C)CCC5(C)C)c3sc4cc5c(cc4c32)C(C)(C)CCC5(C)C)cc1. The topological polar surface area (TPSA) is 9.72 Å². The van der Waals surface area contributed by atoms with E-state index in [4.69, 9.17) is 0 Å². The summed E-state index contributed by atoms with van der Waals surface area (Å²) in [5, 5.41) is 3.84. The van der Waals surface area contributed by atoms with Crippen LogP contribution in [0.2, 0.25) is 0 Å². The molecule has 1 aromatic heterocycles. The Bertz CT molecular complexity index is 4070. The standard InChI is InChI=1S/C76H82BN3S/c1-70(2,3)49-26-29-51(30-27-49)80-65-42-54(78(50-23-17-16-18-24-50)52-28-25-47-21-19-20-22-48(47)39-52)41-64-67(65)77(69-68(80)55-43-58-61(46-66(55)81-69)76(14,15)38-35-73(58,8)9)62-44-59-60(75(12,13)37-36-74(59,10)11)45-63(62)79(64)53-31-32-56-57(40-53)72(6,7)34-33-71(56,4)5/h16-32,39-46H,33-38H2,1-15H3. The van der Waals surface area contributed by atoms with E-state index in [0.29, 0.717) is 0 Å². The third-order valence-corrected chi connectivity index (χ3v) is 22.1. The van der Waals surface area contributed by atoms with Crippen molar-refractivity contribution in [2.24, 2.45) is 0 Å². The molecule has 0 saturated carbocycles. The summed E-state index contributed by atoms with van der Waals surface area (Å²) in [5.74, 6) is 0. The van der Waals surface area contributed by atoms with Gasteiger partial charge < -0.3 is 14.7 Å². The van der Waals surface area contributed by atoms with Gasteiger partial charge >= 0.3 is 0 Å². The fraction of sp³-hybridized carbons (Fsp3) is 0.368. The van der Waals surface area contributed by atoms with Gasteiger partial charge in [0, 0.05) is 54.7 Å². The van der Waals surface area contributed by atoms with Gasteiger partial charge in [0.2, 0.25) is 0 Å². The molecule has 8 aromatic carbocycles. The highest BCUT2D eigenvalue weighted by atomic mass is 32.1. The molecular formula is C76H82BN3S. The second kappa shape index (κ2) is 17.5. The van der Waals surface area contributed by atoms with Crippen molar-refractivity contribution in [2.45, 2.75) is 180 Å². The number of fused-ring (bicyclic) bond motifs is 10. The zero-order valence-corrected chi connectivity index (χ0v) is 51.8. The number of rotatable bonds is 5. The molecule has 9 aromatic rings. The van der Waals surface area contributed by atoms with Gasteiger partial charge in [0.05, 0.1) is 11.4 Å². The quantitative estimate of drug-likeness (QED) is 0.159. The molecule has 3 aliphatic carbocycles. The summed E-state index contributed by atoms with van der Waals surface area (Å²) in [4.78, 5) is 8.01. The molecule has 0 radical (unpaired) electrons. The van der Waals surface area contributed by atoms with Crippen molar-refractivity contribution in [1.82, 2.24) is 0 Å². The van der Waals surface area contributed by atoms with Crippen LogP contribution in [0, 0.1) is 0 Å². The van der Waals surface area contributed by atoms with Crippen LogP contribution in [-0.4, -0.2) is 6.71 Å². The molecule has 410 valence electrons. The van der Waals surface area contributed by atoms with Crippen LogP contribution in [0.25, 0.3) is 20.9 Å². The van der Waals surface area contributed by atoms with E-state index in [0.717, 1.165) is 36.3 Å². The first kappa shape index (κ1) is 52.5. The van der Waals surface area contributed by atoms with Crippen molar-refractivity contribution in [3.63, 3.8) is 0 Å². The maximum Gasteiger partial charge on any atom is 0.264 e. The summed E-state index contributed by atoms with van der Waals surface area (Å²) in [6.45, 7) is 36.9. The van der Waals surface area contributed by atoms with Crippen molar-refractivity contribution in [2.75, 3.05) is 14.7 Å². The minimum absolute atomic E-state index is 0.00266. The zero-order chi connectivity index (χ0) is 56.7. The average molecular weight is 1080 g/mol. The molecule has 0 spiro atoms. The first-order valence-corrected chi connectivity index (χ1v) is 31.2. The van der Waals surface area contributed by atoms with Crippen molar-refractivity contribution in [1.29, 1.82) is 0 Å². The summed E-state index contributed by atoms with van der Waals surface area (Å²) in [6, 6.07) is 60.2. The maximum absolute atomic E-state index is 2.75. The number of nitrogens with zero attached hydrogens (tertiary/aromatic N) is 3. The van der Waals surface area contributed by atoms with Crippen LogP contribution in [0.5, 0.6) is 0 Å². The first-order valence-electron chi connectivity index (χ1n) is 30.4. The molecule has 14 rings (SSSR count). The van der Waals surface area contributed by atoms with Crippen LogP contribution in [-0.2, 0) is 37.9 Å². The Morgan fingerprint density at radius 1 is 0.420 bits per heavy atom. The molecule has 3 nitrogen and oxygen atoms in total. The third kappa shape index (κ3) is 8.08. The lowest BCUT2D eigenvalue weighted by molar-refractivity contribution is 0.332. The number of thiophene rings is 1. The van der Waals surface area contributed by atoms with Gasteiger partial charge in [0.25, 0.3) is 6.71 Å². The Hall–Kier alpha value is -6.56. The lowest BCUT2D eigenvalue weighted by atomic mass is 9.35. The van der Waals surface area contributed by atoms with Crippen molar-refractivity contribution in [3.05, 3.63) is 191 Å². The smallest absolute Gasteiger partial charge is 0.264 e.